The lowest BCUT2D eigenvalue weighted by atomic mass is 9.97. The van der Waals surface area contributed by atoms with Gasteiger partial charge < -0.3 is 19.5 Å². The molecule has 170 valence electrons. The third-order valence-electron chi connectivity index (χ3n) is 6.90. The highest BCUT2D eigenvalue weighted by molar-refractivity contribution is 5.80. The normalized spacial score (nSPS) is 21.7. The van der Waals surface area contributed by atoms with Gasteiger partial charge in [0.05, 0.1) is 12.2 Å². The van der Waals surface area contributed by atoms with Crippen LogP contribution in [0.25, 0.3) is 0 Å². The summed E-state index contributed by atoms with van der Waals surface area (Å²) < 4.78 is 5.75. The number of oxazole rings is 1. The summed E-state index contributed by atoms with van der Waals surface area (Å²) in [6.07, 6.45) is 3.70. The van der Waals surface area contributed by atoms with Crippen molar-refractivity contribution in [2.24, 2.45) is 16.8 Å². The molecule has 7 nitrogen and oxygen atoms in total. The summed E-state index contributed by atoms with van der Waals surface area (Å²) in [4.78, 5) is 16.6. The molecular formula is C23H42N6O. The number of piperidine rings is 1. The number of likely N-dealkylation sites (tertiary alicyclic amines) is 2. The average Bonchev–Trinajstić information content (AvgIpc) is 3.34. The molecule has 2 saturated heterocycles. The van der Waals surface area contributed by atoms with Crippen molar-refractivity contribution < 1.29 is 4.42 Å². The summed E-state index contributed by atoms with van der Waals surface area (Å²) in [7, 11) is 1.92. The Kier molecular flexibility index (Phi) is 8.57. The van der Waals surface area contributed by atoms with Gasteiger partial charge in [0.15, 0.2) is 5.96 Å². The minimum atomic E-state index is 0.708. The van der Waals surface area contributed by atoms with E-state index < -0.39 is 0 Å². The van der Waals surface area contributed by atoms with Crippen LogP contribution in [0, 0.1) is 25.7 Å². The lowest BCUT2D eigenvalue weighted by Crippen LogP contribution is -2.44. The first kappa shape index (κ1) is 23.1. The third kappa shape index (κ3) is 6.20. The maximum Gasteiger partial charge on any atom is 0.208 e. The Morgan fingerprint density at radius 3 is 2.43 bits per heavy atom. The molecule has 0 radical (unpaired) electrons. The van der Waals surface area contributed by atoms with Crippen LogP contribution in [-0.4, -0.2) is 85.0 Å². The van der Waals surface area contributed by atoms with Crippen LogP contribution in [0.3, 0.4) is 0 Å². The van der Waals surface area contributed by atoms with E-state index in [1.807, 2.05) is 20.9 Å². The van der Waals surface area contributed by atoms with Gasteiger partial charge in [-0.3, -0.25) is 9.89 Å². The van der Waals surface area contributed by atoms with Gasteiger partial charge in [0, 0.05) is 33.2 Å². The van der Waals surface area contributed by atoms with Gasteiger partial charge in [0.1, 0.15) is 5.76 Å². The van der Waals surface area contributed by atoms with Crippen LogP contribution in [-0.2, 0) is 6.54 Å². The first-order chi connectivity index (χ1) is 14.5. The highest BCUT2D eigenvalue weighted by Crippen LogP contribution is 2.21. The number of nitrogens with one attached hydrogen (secondary N) is 1. The van der Waals surface area contributed by atoms with E-state index in [0.29, 0.717) is 5.92 Å². The van der Waals surface area contributed by atoms with Gasteiger partial charge in [-0.05, 0) is 71.1 Å². The minimum absolute atomic E-state index is 0.708. The van der Waals surface area contributed by atoms with E-state index in [-0.39, 0.29) is 0 Å². The third-order valence-corrected chi connectivity index (χ3v) is 6.90. The molecule has 1 unspecified atom stereocenters. The van der Waals surface area contributed by atoms with Gasteiger partial charge in [-0.1, -0.05) is 13.8 Å². The molecule has 0 amide bonds. The molecule has 3 rings (SSSR count). The molecule has 2 aliphatic rings. The van der Waals surface area contributed by atoms with Crippen LogP contribution < -0.4 is 5.32 Å². The fraction of sp³-hybridized carbons (Fsp3) is 0.826. The topological polar surface area (TPSA) is 60.1 Å². The second kappa shape index (κ2) is 11.1. The van der Waals surface area contributed by atoms with Crippen LogP contribution >= 0.6 is 0 Å². The highest BCUT2D eigenvalue weighted by Gasteiger charge is 2.27. The Morgan fingerprint density at radius 2 is 1.83 bits per heavy atom. The van der Waals surface area contributed by atoms with Gasteiger partial charge in [0.25, 0.3) is 0 Å². The van der Waals surface area contributed by atoms with Gasteiger partial charge in [-0.15, -0.1) is 0 Å². The van der Waals surface area contributed by atoms with Crippen LogP contribution in [0.15, 0.2) is 9.41 Å². The minimum Gasteiger partial charge on any atom is -0.444 e. The first-order valence-electron chi connectivity index (χ1n) is 11.9. The van der Waals surface area contributed by atoms with Crippen LogP contribution in [0.5, 0.6) is 0 Å². The molecule has 1 atom stereocenters. The maximum atomic E-state index is 5.75. The molecule has 30 heavy (non-hydrogen) atoms. The molecule has 7 heteroatoms. The van der Waals surface area contributed by atoms with Crippen molar-refractivity contribution in [3.8, 4) is 0 Å². The predicted molar refractivity (Wildman–Crippen MR) is 123 cm³/mol. The molecule has 1 aromatic rings. The second-order valence-corrected chi connectivity index (χ2v) is 8.98. The summed E-state index contributed by atoms with van der Waals surface area (Å²) in [5.74, 6) is 4.35. The number of aliphatic imine (C=N–C) groups is 1. The van der Waals surface area contributed by atoms with Crippen molar-refractivity contribution in [2.45, 2.75) is 53.5 Å². The zero-order valence-corrected chi connectivity index (χ0v) is 19.8. The Labute approximate surface area is 182 Å². The summed E-state index contributed by atoms with van der Waals surface area (Å²) in [6, 6.07) is 0. The Hall–Kier alpha value is -1.60. The fourth-order valence-electron chi connectivity index (χ4n) is 4.74. The highest BCUT2D eigenvalue weighted by atomic mass is 16.4. The number of aryl methyl sites for hydroxylation is 2. The standard InChI is InChI=1S/C23H42N6O/c1-6-27(7-2)15-21-10-13-29(16-21)23(24-5)25-14-20-8-11-28(12-9-20)17-22-26-18(3)19(4)30-22/h20-21H,6-17H2,1-5H3,(H,24,25). The number of rotatable bonds is 8. The van der Waals surface area contributed by atoms with Gasteiger partial charge in [-0.25, -0.2) is 4.98 Å². The van der Waals surface area contributed by atoms with E-state index in [4.69, 9.17) is 4.42 Å². The van der Waals surface area contributed by atoms with Crippen molar-refractivity contribution in [3.63, 3.8) is 0 Å². The van der Waals surface area contributed by atoms with Crippen molar-refractivity contribution in [1.82, 2.24) is 25.0 Å². The molecule has 3 heterocycles. The van der Waals surface area contributed by atoms with Gasteiger partial charge in [-0.2, -0.15) is 0 Å². The van der Waals surface area contributed by atoms with Crippen molar-refractivity contribution in [3.05, 3.63) is 17.3 Å². The smallest absolute Gasteiger partial charge is 0.208 e. The van der Waals surface area contributed by atoms with E-state index in [9.17, 15) is 0 Å². The maximum absolute atomic E-state index is 5.75. The average molecular weight is 419 g/mol. The number of hydrogen-bond donors (Lipinski definition) is 1. The van der Waals surface area contributed by atoms with E-state index >= 15 is 0 Å². The second-order valence-electron chi connectivity index (χ2n) is 8.98. The van der Waals surface area contributed by atoms with E-state index in [0.717, 1.165) is 81.6 Å². The van der Waals surface area contributed by atoms with Gasteiger partial charge >= 0.3 is 0 Å². The molecule has 0 aromatic carbocycles. The van der Waals surface area contributed by atoms with Crippen molar-refractivity contribution >= 4 is 5.96 Å². The Bertz CT molecular complexity index is 656. The summed E-state index contributed by atoms with van der Waals surface area (Å²) >= 11 is 0. The Morgan fingerprint density at radius 1 is 1.13 bits per heavy atom. The molecule has 0 aliphatic carbocycles. The lowest BCUT2D eigenvalue weighted by molar-refractivity contribution is 0.163. The number of guanidine groups is 1. The van der Waals surface area contributed by atoms with Crippen LogP contribution in [0.4, 0.5) is 0 Å². The zero-order valence-electron chi connectivity index (χ0n) is 19.8. The largest absolute Gasteiger partial charge is 0.444 e. The number of nitrogens with zero attached hydrogens (tertiary/aromatic N) is 5. The molecule has 0 bridgehead atoms. The molecule has 1 N–H and O–H groups in total. The quantitative estimate of drug-likeness (QED) is 0.517. The number of hydrogen-bond acceptors (Lipinski definition) is 5. The van der Waals surface area contributed by atoms with Gasteiger partial charge in [0.2, 0.25) is 5.89 Å². The molecule has 2 aliphatic heterocycles. The molecule has 1 aromatic heterocycles. The summed E-state index contributed by atoms with van der Waals surface area (Å²) in [5, 5.41) is 3.67. The van der Waals surface area contributed by atoms with E-state index in [1.165, 1.54) is 25.8 Å². The molecular weight excluding hydrogens is 376 g/mol. The molecule has 2 fully saturated rings. The molecule has 0 saturated carbocycles. The fourth-order valence-corrected chi connectivity index (χ4v) is 4.74. The predicted octanol–water partition coefficient (Wildman–Crippen LogP) is 2.74. The zero-order chi connectivity index (χ0) is 21.5. The van der Waals surface area contributed by atoms with E-state index in [2.05, 4.69) is 43.8 Å². The summed E-state index contributed by atoms with van der Waals surface area (Å²) in [5.41, 5.74) is 1.01. The Balaban J connectivity index is 1.38. The van der Waals surface area contributed by atoms with Crippen molar-refractivity contribution in [1.29, 1.82) is 0 Å². The number of aromatic nitrogens is 1. The van der Waals surface area contributed by atoms with Crippen LogP contribution in [0.2, 0.25) is 0 Å². The van der Waals surface area contributed by atoms with Crippen LogP contribution in [0.1, 0.15) is 50.5 Å². The lowest BCUT2D eigenvalue weighted by Gasteiger charge is -2.32. The monoisotopic (exact) mass is 418 g/mol. The van der Waals surface area contributed by atoms with E-state index in [1.54, 1.807) is 0 Å². The SMILES string of the molecule is CCN(CC)CC1CCN(C(=NC)NCC2CCN(Cc3nc(C)c(C)o3)CC2)C1. The van der Waals surface area contributed by atoms with Crippen molar-refractivity contribution in [2.75, 3.05) is 59.4 Å². The summed E-state index contributed by atoms with van der Waals surface area (Å²) in [6.45, 7) is 18.4. The molecule has 0 spiro atoms. The first-order valence-corrected chi connectivity index (χ1v) is 11.9.